The first kappa shape index (κ1) is 13.4. The summed E-state index contributed by atoms with van der Waals surface area (Å²) in [6.07, 6.45) is 0. The number of esters is 1. The molecule has 0 aromatic carbocycles. The lowest BCUT2D eigenvalue weighted by atomic mass is 10.3. The molecule has 1 unspecified atom stereocenters. The lowest BCUT2D eigenvalue weighted by Crippen LogP contribution is -2.50. The van der Waals surface area contributed by atoms with Crippen LogP contribution in [0.4, 0.5) is 0 Å². The summed E-state index contributed by atoms with van der Waals surface area (Å²) in [6, 6.07) is 0. The van der Waals surface area contributed by atoms with Crippen LogP contribution in [0.1, 0.15) is 6.92 Å². The molecule has 1 atom stereocenters. The van der Waals surface area contributed by atoms with Crippen molar-refractivity contribution in [2.75, 3.05) is 39.8 Å². The molecule has 0 aromatic rings. The highest BCUT2D eigenvalue weighted by Crippen LogP contribution is 2.08. The third-order valence-electron chi connectivity index (χ3n) is 2.69. The minimum Gasteiger partial charge on any atom is -0.468 e. The molecule has 0 aromatic heterocycles. The zero-order valence-corrected chi connectivity index (χ0v) is 11.2. The van der Waals surface area contributed by atoms with E-state index in [1.165, 1.54) is 7.11 Å². The number of hydrogen-bond donors (Lipinski definition) is 0. The third-order valence-corrected chi connectivity index (χ3v) is 3.36. The molecule has 1 amide bonds. The second kappa shape index (κ2) is 6.20. The molecule has 0 spiro atoms. The summed E-state index contributed by atoms with van der Waals surface area (Å²) in [5, 5.41) is 0. The van der Waals surface area contributed by atoms with Crippen molar-refractivity contribution in [2.45, 2.75) is 11.8 Å². The van der Waals surface area contributed by atoms with Gasteiger partial charge >= 0.3 is 5.97 Å². The Morgan fingerprint density at radius 1 is 1.31 bits per heavy atom. The molecule has 92 valence electrons. The molecule has 1 fully saturated rings. The van der Waals surface area contributed by atoms with Gasteiger partial charge in [-0.25, -0.2) is 0 Å². The number of methoxy groups -OCH3 is 1. The van der Waals surface area contributed by atoms with Gasteiger partial charge in [0, 0.05) is 39.6 Å². The average Bonchev–Trinajstić information content (AvgIpc) is 2.28. The van der Waals surface area contributed by atoms with Gasteiger partial charge in [-0.3, -0.25) is 14.5 Å². The van der Waals surface area contributed by atoms with Gasteiger partial charge in [-0.15, -0.1) is 0 Å². The molecule has 5 nitrogen and oxygen atoms in total. The molecular formula is C10H17BrN2O3. The summed E-state index contributed by atoms with van der Waals surface area (Å²) < 4.78 is 4.64. The molecule has 1 aliphatic heterocycles. The van der Waals surface area contributed by atoms with Gasteiger partial charge in [-0.05, 0) is 0 Å². The van der Waals surface area contributed by atoms with E-state index in [-0.39, 0.29) is 16.7 Å². The van der Waals surface area contributed by atoms with Crippen LogP contribution in [0.15, 0.2) is 0 Å². The summed E-state index contributed by atoms with van der Waals surface area (Å²) in [5.74, 6) is -0.142. The predicted octanol–water partition coefficient (Wildman–Crippen LogP) is 0.0870. The summed E-state index contributed by atoms with van der Waals surface area (Å²) in [5.41, 5.74) is 0. The Morgan fingerprint density at radius 2 is 1.88 bits per heavy atom. The Bertz CT molecular complexity index is 265. The second-order valence-corrected chi connectivity index (χ2v) is 4.90. The van der Waals surface area contributed by atoms with Crippen molar-refractivity contribution in [3.63, 3.8) is 0 Å². The quantitative estimate of drug-likeness (QED) is 0.546. The van der Waals surface area contributed by atoms with E-state index in [9.17, 15) is 9.59 Å². The normalized spacial score (nSPS) is 19.3. The Kier molecular flexibility index (Phi) is 5.21. The monoisotopic (exact) mass is 292 g/mol. The molecule has 1 rings (SSSR count). The number of nitrogens with zero attached hydrogens (tertiary/aromatic N) is 2. The number of amides is 1. The maximum atomic E-state index is 11.2. The van der Waals surface area contributed by atoms with Crippen LogP contribution in [0.5, 0.6) is 0 Å². The van der Waals surface area contributed by atoms with Gasteiger partial charge < -0.3 is 9.64 Å². The summed E-state index contributed by atoms with van der Waals surface area (Å²) in [4.78, 5) is 26.0. The fraction of sp³-hybridized carbons (Fsp3) is 0.800. The van der Waals surface area contributed by atoms with E-state index in [1.807, 2.05) is 4.90 Å². The maximum Gasteiger partial charge on any atom is 0.320 e. The number of rotatable bonds is 3. The lowest BCUT2D eigenvalue weighted by Gasteiger charge is -2.34. The van der Waals surface area contributed by atoms with Crippen molar-refractivity contribution in [3.8, 4) is 0 Å². The van der Waals surface area contributed by atoms with Crippen molar-refractivity contribution < 1.29 is 14.3 Å². The molecule has 1 saturated heterocycles. The van der Waals surface area contributed by atoms with Crippen LogP contribution in [0.2, 0.25) is 0 Å². The highest BCUT2D eigenvalue weighted by Gasteiger charge is 2.23. The third kappa shape index (κ3) is 3.75. The first-order chi connectivity index (χ1) is 7.54. The van der Waals surface area contributed by atoms with E-state index in [0.717, 1.165) is 26.2 Å². The largest absolute Gasteiger partial charge is 0.468 e. The second-order valence-electron chi connectivity index (χ2n) is 3.80. The molecule has 1 aliphatic rings. The maximum absolute atomic E-state index is 11.2. The standard InChI is InChI=1S/C10H17BrN2O3/c1-8(14)13-5-3-12(4-6-13)7-9(11)10(15)16-2/h9H,3-7H2,1-2H3. The molecular weight excluding hydrogens is 276 g/mol. The number of alkyl halides is 1. The number of halogens is 1. The van der Waals surface area contributed by atoms with Gasteiger partial charge in [0.25, 0.3) is 0 Å². The number of hydrogen-bond acceptors (Lipinski definition) is 4. The Balaban J connectivity index is 2.32. The minimum absolute atomic E-state index is 0.114. The van der Waals surface area contributed by atoms with E-state index in [0.29, 0.717) is 6.54 Å². The van der Waals surface area contributed by atoms with Crippen molar-refractivity contribution >= 4 is 27.8 Å². The summed E-state index contributed by atoms with van der Waals surface area (Å²) in [7, 11) is 1.38. The van der Waals surface area contributed by atoms with Crippen molar-refractivity contribution in [1.82, 2.24) is 9.80 Å². The first-order valence-electron chi connectivity index (χ1n) is 5.24. The van der Waals surface area contributed by atoms with Gasteiger partial charge in [0.1, 0.15) is 4.83 Å². The molecule has 0 N–H and O–H groups in total. The summed E-state index contributed by atoms with van der Waals surface area (Å²) in [6.45, 7) is 5.28. The van der Waals surface area contributed by atoms with E-state index in [2.05, 4.69) is 25.6 Å². The highest BCUT2D eigenvalue weighted by atomic mass is 79.9. The SMILES string of the molecule is COC(=O)C(Br)CN1CCN(C(C)=O)CC1. The van der Waals surface area contributed by atoms with Gasteiger partial charge in [0.05, 0.1) is 7.11 Å². The van der Waals surface area contributed by atoms with Gasteiger partial charge in [0.2, 0.25) is 5.91 Å². The minimum atomic E-state index is -0.290. The fourth-order valence-electron chi connectivity index (χ4n) is 1.67. The first-order valence-corrected chi connectivity index (χ1v) is 6.16. The van der Waals surface area contributed by atoms with Crippen LogP contribution in [-0.2, 0) is 14.3 Å². The molecule has 16 heavy (non-hydrogen) atoms. The van der Waals surface area contributed by atoms with Crippen molar-refractivity contribution in [1.29, 1.82) is 0 Å². The Morgan fingerprint density at radius 3 is 2.31 bits per heavy atom. The van der Waals surface area contributed by atoms with Gasteiger partial charge in [0.15, 0.2) is 0 Å². The number of carbonyl (C=O) groups is 2. The van der Waals surface area contributed by atoms with E-state index >= 15 is 0 Å². The highest BCUT2D eigenvalue weighted by molar-refractivity contribution is 9.10. The smallest absolute Gasteiger partial charge is 0.320 e. The van der Waals surface area contributed by atoms with Crippen LogP contribution < -0.4 is 0 Å². The molecule has 0 radical (unpaired) electrons. The molecule has 0 aliphatic carbocycles. The van der Waals surface area contributed by atoms with Crippen LogP contribution in [-0.4, -0.2) is 66.3 Å². The van der Waals surface area contributed by atoms with E-state index < -0.39 is 0 Å². The molecule has 1 heterocycles. The lowest BCUT2D eigenvalue weighted by molar-refractivity contribution is -0.140. The topological polar surface area (TPSA) is 49.9 Å². The Hall–Kier alpha value is -0.620. The van der Waals surface area contributed by atoms with Crippen LogP contribution >= 0.6 is 15.9 Å². The molecule has 0 saturated carbocycles. The van der Waals surface area contributed by atoms with E-state index in [1.54, 1.807) is 6.92 Å². The van der Waals surface area contributed by atoms with Crippen molar-refractivity contribution in [2.24, 2.45) is 0 Å². The van der Waals surface area contributed by atoms with E-state index in [4.69, 9.17) is 0 Å². The molecule has 6 heteroatoms. The number of ether oxygens (including phenoxy) is 1. The zero-order chi connectivity index (χ0) is 12.1. The fourth-order valence-corrected chi connectivity index (χ4v) is 2.27. The van der Waals surface area contributed by atoms with Crippen LogP contribution in [0.25, 0.3) is 0 Å². The van der Waals surface area contributed by atoms with Crippen molar-refractivity contribution in [3.05, 3.63) is 0 Å². The summed E-state index contributed by atoms with van der Waals surface area (Å²) >= 11 is 3.29. The number of piperazine rings is 1. The molecule has 0 bridgehead atoms. The van der Waals surface area contributed by atoms with Gasteiger partial charge in [-0.1, -0.05) is 15.9 Å². The van der Waals surface area contributed by atoms with Crippen LogP contribution in [0.3, 0.4) is 0 Å². The number of carbonyl (C=O) groups excluding carboxylic acids is 2. The van der Waals surface area contributed by atoms with Gasteiger partial charge in [-0.2, -0.15) is 0 Å². The zero-order valence-electron chi connectivity index (χ0n) is 9.61. The van der Waals surface area contributed by atoms with Crippen LogP contribution in [0, 0.1) is 0 Å². The average molecular weight is 293 g/mol. The predicted molar refractivity (Wildman–Crippen MR) is 63.4 cm³/mol. The Labute approximate surface area is 104 Å².